The Bertz CT molecular complexity index is 638. The van der Waals surface area contributed by atoms with Gasteiger partial charge in [-0.1, -0.05) is 30.3 Å². The van der Waals surface area contributed by atoms with Crippen LogP contribution in [0.2, 0.25) is 0 Å². The molecular weight excluding hydrogens is 278 g/mol. The summed E-state index contributed by atoms with van der Waals surface area (Å²) >= 11 is 0. The van der Waals surface area contributed by atoms with Crippen molar-refractivity contribution in [3.05, 3.63) is 53.9 Å². The Morgan fingerprint density at radius 1 is 1.36 bits per heavy atom. The number of carbonyl (C=O) groups excluding carboxylic acids is 1. The molecule has 5 heteroatoms. The van der Waals surface area contributed by atoms with E-state index < -0.39 is 6.10 Å². The summed E-state index contributed by atoms with van der Waals surface area (Å²) in [7, 11) is 1.79. The smallest absolute Gasteiger partial charge is 0.257 e. The fraction of sp³-hybridized carbons (Fsp3) is 0.412. The summed E-state index contributed by atoms with van der Waals surface area (Å²) in [5.74, 6) is -0.0484. The molecule has 1 amide bonds. The molecule has 22 heavy (non-hydrogen) atoms. The lowest BCUT2D eigenvalue weighted by molar-refractivity contribution is 0.0118. The van der Waals surface area contributed by atoms with Crippen molar-refractivity contribution in [2.75, 3.05) is 6.54 Å². The lowest BCUT2D eigenvalue weighted by Crippen LogP contribution is -2.52. The van der Waals surface area contributed by atoms with E-state index in [4.69, 9.17) is 0 Å². The first kappa shape index (κ1) is 14.8. The molecule has 5 nitrogen and oxygen atoms in total. The van der Waals surface area contributed by atoms with E-state index in [9.17, 15) is 9.90 Å². The largest absolute Gasteiger partial charge is 0.391 e. The van der Waals surface area contributed by atoms with Crippen LogP contribution >= 0.6 is 0 Å². The second-order valence-electron chi connectivity index (χ2n) is 5.87. The number of likely N-dealkylation sites (tertiary alicyclic amines) is 1. The Hall–Kier alpha value is -2.14. The first-order chi connectivity index (χ1) is 10.6. The topological polar surface area (TPSA) is 58.4 Å². The average molecular weight is 299 g/mol. The highest BCUT2D eigenvalue weighted by molar-refractivity contribution is 5.94. The van der Waals surface area contributed by atoms with Crippen molar-refractivity contribution in [1.82, 2.24) is 14.7 Å². The maximum absolute atomic E-state index is 12.7. The molecule has 0 bridgehead atoms. The lowest BCUT2D eigenvalue weighted by Gasteiger charge is -2.39. The van der Waals surface area contributed by atoms with Gasteiger partial charge in [-0.2, -0.15) is 5.10 Å². The zero-order valence-electron chi connectivity index (χ0n) is 12.7. The molecule has 1 N–H and O–H groups in total. The standard InChI is InChI=1S/C17H21N3O2/c1-19-12-14(11-18-19)17(22)20-9-5-8-16(21)15(20)10-13-6-3-2-4-7-13/h2-4,6-7,11-12,15-16,21H,5,8-10H2,1H3/t15-,16-/m0/s1. The number of amides is 1. The fourth-order valence-electron chi connectivity index (χ4n) is 3.09. The van der Waals surface area contributed by atoms with E-state index in [1.807, 2.05) is 30.3 Å². The summed E-state index contributed by atoms with van der Waals surface area (Å²) in [4.78, 5) is 14.5. The number of hydrogen-bond donors (Lipinski definition) is 1. The molecule has 1 aliphatic heterocycles. The van der Waals surface area contributed by atoms with Crippen molar-refractivity contribution in [1.29, 1.82) is 0 Å². The number of aliphatic hydroxyl groups is 1. The SMILES string of the molecule is Cn1cc(C(=O)N2CCC[C@H](O)[C@@H]2Cc2ccccc2)cn1. The molecule has 0 aliphatic carbocycles. The molecule has 0 saturated carbocycles. The number of aryl methyl sites for hydroxylation is 1. The summed E-state index contributed by atoms with van der Waals surface area (Å²) in [6, 6.07) is 9.83. The van der Waals surface area contributed by atoms with E-state index in [0.29, 0.717) is 18.5 Å². The number of aromatic nitrogens is 2. The van der Waals surface area contributed by atoms with Crippen molar-refractivity contribution < 1.29 is 9.90 Å². The van der Waals surface area contributed by atoms with E-state index >= 15 is 0 Å². The van der Waals surface area contributed by atoms with Crippen LogP contribution in [0.25, 0.3) is 0 Å². The van der Waals surface area contributed by atoms with Gasteiger partial charge in [0.25, 0.3) is 5.91 Å². The van der Waals surface area contributed by atoms with Gasteiger partial charge in [0.15, 0.2) is 0 Å². The van der Waals surface area contributed by atoms with Crippen LogP contribution in [0, 0.1) is 0 Å². The zero-order valence-corrected chi connectivity index (χ0v) is 12.7. The Labute approximate surface area is 130 Å². The molecule has 1 fully saturated rings. The molecule has 0 unspecified atom stereocenters. The van der Waals surface area contributed by atoms with Crippen LogP contribution in [-0.2, 0) is 13.5 Å². The van der Waals surface area contributed by atoms with E-state index in [1.54, 1.807) is 29.0 Å². The number of aliphatic hydroxyl groups excluding tert-OH is 1. The van der Waals surface area contributed by atoms with Crippen LogP contribution in [0.5, 0.6) is 0 Å². The first-order valence-electron chi connectivity index (χ1n) is 7.67. The van der Waals surface area contributed by atoms with Crippen LogP contribution < -0.4 is 0 Å². The minimum absolute atomic E-state index is 0.0484. The van der Waals surface area contributed by atoms with Crippen LogP contribution in [0.15, 0.2) is 42.7 Å². The molecule has 116 valence electrons. The van der Waals surface area contributed by atoms with Crippen LogP contribution in [0.3, 0.4) is 0 Å². The second-order valence-corrected chi connectivity index (χ2v) is 5.87. The van der Waals surface area contributed by atoms with Gasteiger partial charge in [-0.3, -0.25) is 9.48 Å². The van der Waals surface area contributed by atoms with Crippen molar-refractivity contribution in [3.8, 4) is 0 Å². The van der Waals surface area contributed by atoms with E-state index in [1.165, 1.54) is 0 Å². The van der Waals surface area contributed by atoms with Gasteiger partial charge in [-0.05, 0) is 24.8 Å². The van der Waals surface area contributed by atoms with Gasteiger partial charge in [0.1, 0.15) is 0 Å². The fourth-order valence-corrected chi connectivity index (χ4v) is 3.09. The van der Waals surface area contributed by atoms with Gasteiger partial charge in [-0.25, -0.2) is 0 Å². The van der Waals surface area contributed by atoms with Crippen LogP contribution in [-0.4, -0.2) is 44.4 Å². The molecule has 0 spiro atoms. The molecule has 0 radical (unpaired) electrons. The van der Waals surface area contributed by atoms with Gasteiger partial charge >= 0.3 is 0 Å². The highest BCUT2D eigenvalue weighted by Crippen LogP contribution is 2.23. The van der Waals surface area contributed by atoms with Crippen LogP contribution in [0.1, 0.15) is 28.8 Å². The lowest BCUT2D eigenvalue weighted by atomic mass is 9.92. The van der Waals surface area contributed by atoms with Crippen molar-refractivity contribution in [2.45, 2.75) is 31.4 Å². The first-order valence-corrected chi connectivity index (χ1v) is 7.67. The molecule has 1 aromatic heterocycles. The Morgan fingerprint density at radius 2 is 2.14 bits per heavy atom. The number of carbonyl (C=O) groups is 1. The predicted octanol–water partition coefficient (Wildman–Crippen LogP) is 1.63. The van der Waals surface area contributed by atoms with E-state index in [-0.39, 0.29) is 11.9 Å². The zero-order chi connectivity index (χ0) is 15.5. The second kappa shape index (κ2) is 6.32. The molecule has 2 atom stereocenters. The summed E-state index contributed by atoms with van der Waals surface area (Å²) < 4.78 is 1.62. The normalized spacial score (nSPS) is 21.8. The summed E-state index contributed by atoms with van der Waals surface area (Å²) in [5.41, 5.74) is 1.71. The highest BCUT2D eigenvalue weighted by atomic mass is 16.3. The van der Waals surface area contributed by atoms with Crippen molar-refractivity contribution in [3.63, 3.8) is 0 Å². The number of benzene rings is 1. The van der Waals surface area contributed by atoms with Gasteiger partial charge in [0.2, 0.25) is 0 Å². The number of hydrogen-bond acceptors (Lipinski definition) is 3. The number of rotatable bonds is 3. The third-order valence-electron chi connectivity index (χ3n) is 4.24. The van der Waals surface area contributed by atoms with Gasteiger partial charge < -0.3 is 10.0 Å². The number of nitrogens with zero attached hydrogens (tertiary/aromatic N) is 3. The highest BCUT2D eigenvalue weighted by Gasteiger charge is 2.34. The maximum atomic E-state index is 12.7. The van der Waals surface area contributed by atoms with Crippen molar-refractivity contribution in [2.24, 2.45) is 7.05 Å². The van der Waals surface area contributed by atoms with E-state index in [2.05, 4.69) is 5.10 Å². The van der Waals surface area contributed by atoms with Crippen molar-refractivity contribution >= 4 is 5.91 Å². The molecule has 1 aliphatic rings. The summed E-state index contributed by atoms with van der Waals surface area (Å²) in [6.45, 7) is 0.683. The Kier molecular flexibility index (Phi) is 4.24. The molecule has 1 aromatic carbocycles. The average Bonchev–Trinajstić information content (AvgIpc) is 2.96. The number of piperidine rings is 1. The molecule has 1 saturated heterocycles. The molecule has 2 heterocycles. The Balaban J connectivity index is 1.82. The summed E-state index contributed by atoms with van der Waals surface area (Å²) in [6.07, 6.45) is 5.08. The minimum atomic E-state index is -0.477. The van der Waals surface area contributed by atoms with E-state index in [0.717, 1.165) is 18.4 Å². The minimum Gasteiger partial charge on any atom is -0.391 e. The van der Waals surface area contributed by atoms with Gasteiger partial charge in [0.05, 0.1) is 23.9 Å². The Morgan fingerprint density at radius 3 is 2.82 bits per heavy atom. The monoisotopic (exact) mass is 299 g/mol. The predicted molar refractivity (Wildman–Crippen MR) is 83.4 cm³/mol. The van der Waals surface area contributed by atoms with Gasteiger partial charge in [-0.15, -0.1) is 0 Å². The van der Waals surface area contributed by atoms with Crippen LogP contribution in [0.4, 0.5) is 0 Å². The summed E-state index contributed by atoms with van der Waals surface area (Å²) in [5, 5.41) is 14.5. The van der Waals surface area contributed by atoms with Gasteiger partial charge in [0, 0.05) is 19.8 Å². The molecular formula is C17H21N3O2. The third-order valence-corrected chi connectivity index (χ3v) is 4.24. The molecule has 3 rings (SSSR count). The third kappa shape index (κ3) is 3.04. The quantitative estimate of drug-likeness (QED) is 0.937. The maximum Gasteiger partial charge on any atom is 0.257 e. The molecule has 2 aromatic rings.